The van der Waals surface area contributed by atoms with Crippen LogP contribution in [0.1, 0.15) is 12.2 Å². The Labute approximate surface area is 116 Å². The maximum Gasteiger partial charge on any atom is 0.259 e. The average Bonchev–Trinajstić information content (AvgIpc) is 2.60. The van der Waals surface area contributed by atoms with Gasteiger partial charge >= 0.3 is 0 Å². The highest BCUT2D eigenvalue weighted by Gasteiger charge is 2.22. The van der Waals surface area contributed by atoms with Gasteiger partial charge < -0.3 is 9.30 Å². The molecule has 1 unspecified atom stereocenters. The molecule has 0 saturated carbocycles. The normalized spacial score (nSPS) is 13.8. The van der Waals surface area contributed by atoms with E-state index in [1.807, 2.05) is 0 Å². The van der Waals surface area contributed by atoms with Crippen molar-refractivity contribution in [1.82, 2.24) is 14.3 Å². The quantitative estimate of drug-likeness (QED) is 0.746. The molecule has 104 valence electrons. The lowest BCUT2D eigenvalue weighted by atomic mass is 10.3. The number of methoxy groups -OCH3 is 1. The number of ether oxygens (including phenoxy) is 1. The second kappa shape index (κ2) is 6.65. The van der Waals surface area contributed by atoms with E-state index in [-0.39, 0.29) is 11.1 Å². The average molecular weight is 340 g/mol. The zero-order valence-corrected chi connectivity index (χ0v) is 13.1. The van der Waals surface area contributed by atoms with E-state index in [1.54, 1.807) is 25.6 Å². The number of nitrogens with one attached hydrogen (secondary N) is 1. The van der Waals surface area contributed by atoms with Crippen molar-refractivity contribution in [1.29, 1.82) is 0 Å². The Hall–Kier alpha value is -0.440. The van der Waals surface area contributed by atoms with Crippen LogP contribution in [-0.4, -0.2) is 43.1 Å². The van der Waals surface area contributed by atoms with Crippen LogP contribution in [0.4, 0.5) is 0 Å². The molecule has 0 amide bonds. The highest BCUT2D eigenvalue weighted by molar-refractivity contribution is 9.09. The Balaban J connectivity index is 2.85. The summed E-state index contributed by atoms with van der Waals surface area (Å²) in [5.41, 5.74) is 0. The lowest BCUT2D eigenvalue weighted by Gasteiger charge is -2.15. The number of aryl methyl sites for hydroxylation is 2. The van der Waals surface area contributed by atoms with E-state index in [0.717, 1.165) is 0 Å². The number of imidazole rings is 1. The zero-order chi connectivity index (χ0) is 13.8. The van der Waals surface area contributed by atoms with Crippen molar-refractivity contribution >= 4 is 26.0 Å². The number of hydrogen-bond acceptors (Lipinski definition) is 4. The molecule has 0 aliphatic rings. The molecule has 1 heterocycles. The molecule has 0 fully saturated rings. The van der Waals surface area contributed by atoms with E-state index < -0.39 is 10.0 Å². The van der Waals surface area contributed by atoms with E-state index >= 15 is 0 Å². The maximum atomic E-state index is 12.1. The standard InChI is InChI=1S/C10H18BrN3O3S/c1-8-12-10(6-14(8)2)18(15,16)13-9(4-5-11)7-17-3/h6,9,13H,4-5,7H2,1-3H3. The highest BCUT2D eigenvalue weighted by atomic mass is 79.9. The van der Waals surface area contributed by atoms with E-state index in [1.165, 1.54) is 6.20 Å². The number of rotatable bonds is 7. The van der Waals surface area contributed by atoms with Gasteiger partial charge in [0.15, 0.2) is 5.03 Å². The lowest BCUT2D eigenvalue weighted by molar-refractivity contribution is 0.173. The summed E-state index contributed by atoms with van der Waals surface area (Å²) in [7, 11) is -0.290. The van der Waals surface area contributed by atoms with Gasteiger partial charge in [0.2, 0.25) is 0 Å². The summed E-state index contributed by atoms with van der Waals surface area (Å²) in [6.07, 6.45) is 2.15. The van der Waals surface area contributed by atoms with Crippen LogP contribution < -0.4 is 4.72 Å². The minimum Gasteiger partial charge on any atom is -0.383 e. The first-order valence-corrected chi connectivity index (χ1v) is 8.08. The second-order valence-corrected chi connectivity index (χ2v) is 6.44. The van der Waals surface area contributed by atoms with Crippen LogP contribution in [0.2, 0.25) is 0 Å². The molecular weight excluding hydrogens is 322 g/mol. The molecule has 1 aromatic rings. The fourth-order valence-corrected chi connectivity index (χ4v) is 3.29. The Morgan fingerprint density at radius 3 is 2.72 bits per heavy atom. The second-order valence-electron chi connectivity index (χ2n) is 3.99. The molecule has 1 atom stereocenters. The molecule has 0 aromatic carbocycles. The van der Waals surface area contributed by atoms with Crippen LogP contribution in [0, 0.1) is 6.92 Å². The van der Waals surface area contributed by atoms with Gasteiger partial charge in [-0.3, -0.25) is 0 Å². The van der Waals surface area contributed by atoms with Gasteiger partial charge in [0.25, 0.3) is 10.0 Å². The summed E-state index contributed by atoms with van der Waals surface area (Å²) in [4.78, 5) is 4.02. The van der Waals surface area contributed by atoms with Gasteiger partial charge in [-0.05, 0) is 13.3 Å². The Morgan fingerprint density at radius 2 is 2.28 bits per heavy atom. The van der Waals surface area contributed by atoms with Crippen LogP contribution in [0.15, 0.2) is 11.2 Å². The first kappa shape index (κ1) is 15.6. The smallest absolute Gasteiger partial charge is 0.259 e. The Bertz CT molecular complexity index is 461. The van der Waals surface area contributed by atoms with Crippen molar-refractivity contribution in [3.8, 4) is 0 Å². The Kier molecular flexibility index (Phi) is 5.77. The molecule has 0 radical (unpaired) electrons. The van der Waals surface area contributed by atoms with Crippen molar-refractivity contribution in [2.75, 3.05) is 19.0 Å². The Morgan fingerprint density at radius 1 is 1.61 bits per heavy atom. The minimum absolute atomic E-state index is 0.0400. The summed E-state index contributed by atoms with van der Waals surface area (Å²) < 4.78 is 33.5. The summed E-state index contributed by atoms with van der Waals surface area (Å²) in [5.74, 6) is 0.652. The lowest BCUT2D eigenvalue weighted by Crippen LogP contribution is -2.38. The summed E-state index contributed by atoms with van der Waals surface area (Å²) in [5, 5.41) is 0.739. The van der Waals surface area contributed by atoms with Crippen molar-refractivity contribution in [3.05, 3.63) is 12.0 Å². The summed E-state index contributed by atoms with van der Waals surface area (Å²) in [6.45, 7) is 2.08. The van der Waals surface area contributed by atoms with Crippen LogP contribution >= 0.6 is 15.9 Å². The van der Waals surface area contributed by atoms with Gasteiger partial charge in [0.05, 0.1) is 6.61 Å². The predicted molar refractivity (Wildman–Crippen MR) is 72.3 cm³/mol. The highest BCUT2D eigenvalue weighted by Crippen LogP contribution is 2.09. The van der Waals surface area contributed by atoms with Crippen LogP contribution in [0.25, 0.3) is 0 Å². The molecule has 1 N–H and O–H groups in total. The summed E-state index contributed by atoms with van der Waals surface area (Å²) >= 11 is 3.29. The largest absolute Gasteiger partial charge is 0.383 e. The van der Waals surface area contributed by atoms with Crippen molar-refractivity contribution in [3.63, 3.8) is 0 Å². The van der Waals surface area contributed by atoms with Gasteiger partial charge in [-0.2, -0.15) is 0 Å². The van der Waals surface area contributed by atoms with Crippen LogP contribution in [-0.2, 0) is 21.8 Å². The fraction of sp³-hybridized carbons (Fsp3) is 0.700. The van der Waals surface area contributed by atoms with Gasteiger partial charge in [-0.25, -0.2) is 18.1 Å². The van der Waals surface area contributed by atoms with Crippen molar-refractivity contribution in [2.45, 2.75) is 24.4 Å². The topological polar surface area (TPSA) is 73.2 Å². The first-order chi connectivity index (χ1) is 8.40. The third-order valence-corrected chi connectivity index (χ3v) is 4.36. The third kappa shape index (κ3) is 4.04. The molecule has 6 nitrogen and oxygen atoms in total. The zero-order valence-electron chi connectivity index (χ0n) is 10.7. The molecular formula is C10H18BrN3O3S. The fourth-order valence-electron chi connectivity index (χ4n) is 1.44. The van der Waals surface area contributed by atoms with Crippen LogP contribution in [0.5, 0.6) is 0 Å². The number of halogens is 1. The van der Waals surface area contributed by atoms with Gasteiger partial charge in [-0.1, -0.05) is 15.9 Å². The van der Waals surface area contributed by atoms with Gasteiger partial charge in [0, 0.05) is 31.7 Å². The van der Waals surface area contributed by atoms with E-state index in [9.17, 15) is 8.42 Å². The predicted octanol–water partition coefficient (Wildman–Crippen LogP) is 0.807. The number of hydrogen-bond donors (Lipinski definition) is 1. The molecule has 0 aliphatic carbocycles. The molecule has 8 heteroatoms. The molecule has 0 bridgehead atoms. The SMILES string of the molecule is COCC(CCBr)NS(=O)(=O)c1cn(C)c(C)n1. The molecule has 0 spiro atoms. The molecule has 1 aromatic heterocycles. The van der Waals surface area contributed by atoms with E-state index in [4.69, 9.17) is 4.74 Å². The van der Waals surface area contributed by atoms with E-state index in [2.05, 4.69) is 25.6 Å². The molecule has 0 aliphatic heterocycles. The van der Waals surface area contributed by atoms with Gasteiger partial charge in [-0.15, -0.1) is 0 Å². The van der Waals surface area contributed by atoms with E-state index in [0.29, 0.717) is 24.2 Å². The van der Waals surface area contributed by atoms with Crippen LogP contribution in [0.3, 0.4) is 0 Å². The molecule has 18 heavy (non-hydrogen) atoms. The number of nitrogens with zero attached hydrogens (tertiary/aromatic N) is 2. The van der Waals surface area contributed by atoms with Crippen molar-refractivity contribution in [2.24, 2.45) is 7.05 Å². The van der Waals surface area contributed by atoms with Crippen molar-refractivity contribution < 1.29 is 13.2 Å². The molecule has 1 rings (SSSR count). The minimum atomic E-state index is -3.59. The van der Waals surface area contributed by atoms with Gasteiger partial charge in [0.1, 0.15) is 5.82 Å². The number of alkyl halides is 1. The number of sulfonamides is 1. The monoisotopic (exact) mass is 339 g/mol. The number of aromatic nitrogens is 2. The molecule has 0 saturated heterocycles. The summed E-state index contributed by atoms with van der Waals surface area (Å²) in [6, 6.07) is -0.262. The first-order valence-electron chi connectivity index (χ1n) is 5.48. The maximum absolute atomic E-state index is 12.1. The third-order valence-electron chi connectivity index (χ3n) is 2.51.